The Morgan fingerprint density at radius 2 is 1.67 bits per heavy atom. The molecule has 9 atom stereocenters. The van der Waals surface area contributed by atoms with Crippen LogP contribution in [0.1, 0.15) is 89.7 Å². The van der Waals surface area contributed by atoms with Gasteiger partial charge in [0.05, 0.1) is 53.0 Å². The fourth-order valence-electron chi connectivity index (χ4n) is 7.22. The molecule has 3 aliphatic heterocycles. The highest BCUT2D eigenvalue weighted by atomic mass is 16.7. The van der Waals surface area contributed by atoms with E-state index in [2.05, 4.69) is 10.5 Å². The molecule has 15 heteroatoms. The summed E-state index contributed by atoms with van der Waals surface area (Å²) in [6.45, 7) is 14.6. The van der Waals surface area contributed by atoms with E-state index in [9.17, 15) is 39.9 Å². The van der Waals surface area contributed by atoms with Crippen molar-refractivity contribution >= 4 is 40.3 Å². The number of hydrogen-bond donors (Lipinski definition) is 6. The number of esters is 1. The molecule has 0 fully saturated rings. The standard InChI is InChI=1S/C42H56N2O13/c1-11-12-17-55-43-19-27-32-37(50)30-29(36(27)49)31-39(25(7)35(30)48)57-42(9,40(31)51)54-18-16-28(53-10)22(4)38(56-26(8)45)24(6)34(47)23(5)33(46)20(2)14-13-15-21(3)41(52)44-32/h13-16,18-20,22-24,28,33-34,38,46-50H,11-12,17H2,1-10H3,(H,44,52)/b14-13+,18-16+,21-15?,43-19+. The van der Waals surface area contributed by atoms with Gasteiger partial charge in [-0.25, -0.2) is 0 Å². The molecule has 9 unspecified atom stereocenters. The summed E-state index contributed by atoms with van der Waals surface area (Å²) in [4.78, 5) is 45.5. The van der Waals surface area contributed by atoms with Gasteiger partial charge in [-0.3, -0.25) is 14.4 Å². The predicted octanol–water partition coefficient (Wildman–Crippen LogP) is 5.90. The minimum Gasteiger partial charge on any atom is -0.507 e. The van der Waals surface area contributed by atoms with Crippen LogP contribution in [0.4, 0.5) is 5.69 Å². The van der Waals surface area contributed by atoms with Crippen LogP contribution in [-0.2, 0) is 28.6 Å². The third kappa shape index (κ3) is 9.05. The third-order valence-electron chi connectivity index (χ3n) is 10.9. The molecule has 2 aromatic rings. The zero-order valence-electron chi connectivity index (χ0n) is 34.2. The second-order valence-corrected chi connectivity index (χ2v) is 15.0. The number of benzene rings is 2. The zero-order valence-corrected chi connectivity index (χ0v) is 34.2. The number of unbranched alkanes of at least 4 members (excludes halogenated alkanes) is 1. The Bertz CT molecular complexity index is 1970. The van der Waals surface area contributed by atoms with Gasteiger partial charge in [0.1, 0.15) is 30.0 Å². The number of carbonyl (C=O) groups excluding carboxylic acids is 3. The van der Waals surface area contributed by atoms with E-state index in [0.717, 1.165) is 12.6 Å². The highest BCUT2D eigenvalue weighted by molar-refractivity contribution is 6.23. The van der Waals surface area contributed by atoms with E-state index in [4.69, 9.17) is 23.8 Å². The zero-order chi connectivity index (χ0) is 42.5. The van der Waals surface area contributed by atoms with Crippen LogP contribution in [0.25, 0.3) is 10.8 Å². The number of amides is 1. The van der Waals surface area contributed by atoms with E-state index in [0.29, 0.717) is 6.42 Å². The highest BCUT2D eigenvalue weighted by Crippen LogP contribution is 2.55. The van der Waals surface area contributed by atoms with Crippen LogP contribution in [0.5, 0.6) is 23.0 Å². The predicted molar refractivity (Wildman–Crippen MR) is 212 cm³/mol. The van der Waals surface area contributed by atoms with Gasteiger partial charge >= 0.3 is 11.8 Å². The van der Waals surface area contributed by atoms with Gasteiger partial charge in [-0.1, -0.05) is 64.4 Å². The monoisotopic (exact) mass is 796 g/mol. The molecule has 3 aliphatic rings. The van der Waals surface area contributed by atoms with Crippen molar-refractivity contribution in [1.29, 1.82) is 0 Å². The van der Waals surface area contributed by atoms with Crippen LogP contribution in [0.15, 0.2) is 41.3 Å². The molecule has 312 valence electrons. The van der Waals surface area contributed by atoms with Crippen molar-refractivity contribution in [2.24, 2.45) is 28.8 Å². The molecule has 15 nitrogen and oxygen atoms in total. The maximum Gasteiger partial charge on any atom is 0.312 e. The van der Waals surface area contributed by atoms with E-state index < -0.39 is 88.8 Å². The molecule has 0 radical (unpaired) electrons. The Balaban J connectivity index is 1.96. The minimum absolute atomic E-state index is 0.0378. The number of aliphatic hydroxyl groups is 2. The van der Waals surface area contributed by atoms with Gasteiger partial charge in [0.25, 0.3) is 11.7 Å². The summed E-state index contributed by atoms with van der Waals surface area (Å²) in [5.74, 6) is -8.58. The fraction of sp³-hybridized carbons (Fsp3) is 0.524. The summed E-state index contributed by atoms with van der Waals surface area (Å²) >= 11 is 0. The van der Waals surface area contributed by atoms with Crippen molar-refractivity contribution in [2.75, 3.05) is 19.0 Å². The van der Waals surface area contributed by atoms with Gasteiger partial charge in [0, 0.05) is 61.2 Å². The van der Waals surface area contributed by atoms with Crippen molar-refractivity contribution in [3.63, 3.8) is 0 Å². The smallest absolute Gasteiger partial charge is 0.312 e. The van der Waals surface area contributed by atoms with Gasteiger partial charge in [0.2, 0.25) is 0 Å². The van der Waals surface area contributed by atoms with Crippen LogP contribution in [0.3, 0.4) is 0 Å². The van der Waals surface area contributed by atoms with E-state index in [1.165, 1.54) is 53.2 Å². The van der Waals surface area contributed by atoms with Gasteiger partial charge < -0.3 is 54.6 Å². The van der Waals surface area contributed by atoms with Crippen LogP contribution in [-0.4, -0.2) is 93.3 Å². The quantitative estimate of drug-likeness (QED) is 0.0480. The van der Waals surface area contributed by atoms with Crippen molar-refractivity contribution in [3.05, 3.63) is 52.8 Å². The van der Waals surface area contributed by atoms with E-state index in [1.807, 2.05) is 6.92 Å². The summed E-state index contributed by atoms with van der Waals surface area (Å²) < 4.78 is 23.5. The van der Waals surface area contributed by atoms with Crippen molar-refractivity contribution in [3.8, 4) is 23.0 Å². The lowest BCUT2D eigenvalue weighted by Crippen LogP contribution is -2.46. The Morgan fingerprint density at radius 1 is 0.982 bits per heavy atom. The number of methoxy groups -OCH3 is 1. The molecule has 5 bridgehead atoms. The first-order chi connectivity index (χ1) is 26.8. The second kappa shape index (κ2) is 18.4. The number of fused-ring (bicyclic) bond motifs is 14. The largest absolute Gasteiger partial charge is 0.507 e. The third-order valence-corrected chi connectivity index (χ3v) is 10.9. The molecule has 3 heterocycles. The number of oxime groups is 1. The molecule has 0 spiro atoms. The first kappa shape index (κ1) is 44.6. The highest BCUT2D eigenvalue weighted by Gasteiger charge is 2.50. The van der Waals surface area contributed by atoms with E-state index >= 15 is 0 Å². The molecule has 1 amide bonds. The summed E-state index contributed by atoms with van der Waals surface area (Å²) in [5, 5.41) is 63.8. The van der Waals surface area contributed by atoms with Crippen LogP contribution >= 0.6 is 0 Å². The number of anilines is 1. The molecular weight excluding hydrogens is 740 g/mol. The van der Waals surface area contributed by atoms with E-state index in [-0.39, 0.29) is 51.1 Å². The van der Waals surface area contributed by atoms with Crippen molar-refractivity contribution in [1.82, 2.24) is 0 Å². The molecule has 0 saturated heterocycles. The molecule has 57 heavy (non-hydrogen) atoms. The molecular formula is C42H56N2O13. The molecule has 2 aromatic carbocycles. The Morgan fingerprint density at radius 3 is 2.30 bits per heavy atom. The van der Waals surface area contributed by atoms with Gasteiger partial charge in [0.15, 0.2) is 5.75 Å². The lowest BCUT2D eigenvalue weighted by molar-refractivity contribution is -0.160. The molecule has 0 aliphatic carbocycles. The van der Waals surface area contributed by atoms with Gasteiger partial charge in [-0.2, -0.15) is 0 Å². The lowest BCUT2D eigenvalue weighted by atomic mass is 9.78. The SMILES string of the molecule is CCCCO/N=C/c1c2c(O)c3c(O)c(C)c4c(c3c1O)C(=O)C(C)(O/C=C/C(OC)C(C)C(OC(C)=O)C(C)C(O)C(C)C(O)C(C)/C=C/C=C(C)C(=O)N2)O4. The first-order valence-electron chi connectivity index (χ1n) is 19.1. The number of Topliss-reactive ketones (excluding diaryl/α,β-unsaturated/α-hetero) is 1. The minimum atomic E-state index is -2.05. The van der Waals surface area contributed by atoms with Crippen LogP contribution < -0.4 is 10.1 Å². The maximum atomic E-state index is 14.3. The Kier molecular flexibility index (Phi) is 14.4. The Hall–Kier alpha value is -5.12. The molecule has 0 saturated carbocycles. The first-order valence-corrected chi connectivity index (χ1v) is 19.1. The number of rotatable bonds is 7. The molecule has 6 N–H and O–H groups in total. The van der Waals surface area contributed by atoms with Crippen molar-refractivity contribution < 1.29 is 63.7 Å². The summed E-state index contributed by atoms with van der Waals surface area (Å²) in [7, 11) is 1.43. The van der Waals surface area contributed by atoms with Crippen LogP contribution in [0, 0.1) is 30.6 Å². The lowest BCUT2D eigenvalue weighted by Gasteiger charge is -2.38. The van der Waals surface area contributed by atoms with Gasteiger partial charge in [-0.05, 0) is 26.3 Å². The number of aromatic hydroxyl groups is 3. The number of nitrogens with zero attached hydrogens (tertiary/aromatic N) is 1. The van der Waals surface area contributed by atoms with Crippen LogP contribution in [0.2, 0.25) is 0 Å². The normalized spacial score (nSPS) is 29.8. The average Bonchev–Trinajstić information content (AvgIpc) is 3.43. The molecule has 0 aromatic heterocycles. The number of phenolic OH excluding ortho intramolecular Hbond substituents is 3. The second-order valence-electron chi connectivity index (χ2n) is 15.0. The number of phenols is 3. The molecule has 5 rings (SSSR count). The number of aliphatic hydroxyl groups excluding tert-OH is 2. The number of ether oxygens (including phenoxy) is 4. The number of allylic oxidation sites excluding steroid dienone is 2. The number of hydrogen-bond acceptors (Lipinski definition) is 14. The number of ketones is 1. The van der Waals surface area contributed by atoms with Crippen molar-refractivity contribution in [2.45, 2.75) is 105 Å². The summed E-state index contributed by atoms with van der Waals surface area (Å²) in [6, 6.07) is 0. The average molecular weight is 797 g/mol. The summed E-state index contributed by atoms with van der Waals surface area (Å²) in [5.41, 5.74) is -0.577. The fourth-order valence-corrected chi connectivity index (χ4v) is 7.22. The number of carbonyl (C=O) groups is 3. The van der Waals surface area contributed by atoms with E-state index in [1.54, 1.807) is 39.8 Å². The number of nitrogens with one attached hydrogen (secondary N) is 1. The van der Waals surface area contributed by atoms with Gasteiger partial charge in [-0.15, -0.1) is 0 Å². The Labute approximate surface area is 332 Å². The summed E-state index contributed by atoms with van der Waals surface area (Å²) in [6.07, 6.45) is 6.05. The topological polar surface area (TPSA) is 223 Å². The maximum absolute atomic E-state index is 14.3.